The van der Waals surface area contributed by atoms with Gasteiger partial charge in [-0.3, -0.25) is 9.59 Å². The molecular weight excluding hydrogens is 348 g/mol. The molecule has 0 spiro atoms. The van der Waals surface area contributed by atoms with Crippen molar-refractivity contribution in [2.45, 2.75) is 0 Å². The summed E-state index contributed by atoms with van der Waals surface area (Å²) < 4.78 is 6.13. The third-order valence-corrected chi connectivity index (χ3v) is 4.11. The van der Waals surface area contributed by atoms with E-state index in [4.69, 9.17) is 4.74 Å². The number of anilines is 2. The molecule has 5 nitrogen and oxygen atoms in total. The number of carbonyl (C=O) groups is 2. The number of likely N-dealkylation sites (N-methyl/N-ethyl adjacent to an activating group) is 1. The predicted molar refractivity (Wildman–Crippen MR) is 87.4 cm³/mol. The zero-order chi connectivity index (χ0) is 15.7. The van der Waals surface area contributed by atoms with Crippen LogP contribution in [0.3, 0.4) is 0 Å². The highest BCUT2D eigenvalue weighted by Gasteiger charge is 2.22. The van der Waals surface area contributed by atoms with Crippen LogP contribution in [0.15, 0.2) is 46.9 Å². The number of fused-ring (bicyclic) bond motifs is 1. The van der Waals surface area contributed by atoms with E-state index in [0.717, 1.165) is 4.47 Å². The summed E-state index contributed by atoms with van der Waals surface area (Å²) in [5.41, 5.74) is 1.85. The fraction of sp³-hybridized carbons (Fsp3) is 0.125. The van der Waals surface area contributed by atoms with Crippen LogP contribution in [0.1, 0.15) is 10.4 Å². The number of carbonyl (C=O) groups excluding carboxylic acids is 2. The van der Waals surface area contributed by atoms with Gasteiger partial charge >= 0.3 is 0 Å². The van der Waals surface area contributed by atoms with E-state index in [1.807, 2.05) is 12.1 Å². The summed E-state index contributed by atoms with van der Waals surface area (Å²) in [5, 5.41) is 2.82. The van der Waals surface area contributed by atoms with E-state index in [0.29, 0.717) is 22.7 Å². The molecule has 2 aromatic rings. The second kappa shape index (κ2) is 5.81. The molecule has 1 aliphatic heterocycles. The molecule has 0 saturated carbocycles. The summed E-state index contributed by atoms with van der Waals surface area (Å²) in [6, 6.07) is 12.4. The summed E-state index contributed by atoms with van der Waals surface area (Å²) in [7, 11) is 1.70. The quantitative estimate of drug-likeness (QED) is 0.895. The van der Waals surface area contributed by atoms with Crippen LogP contribution in [0.25, 0.3) is 0 Å². The SMILES string of the molecule is CN1C(=O)COc2cc(NC(=O)c3ccccc3Br)ccc21. The maximum Gasteiger partial charge on any atom is 0.264 e. The molecule has 3 rings (SSSR count). The van der Waals surface area contributed by atoms with Crippen LogP contribution in [0.2, 0.25) is 0 Å². The molecule has 0 bridgehead atoms. The van der Waals surface area contributed by atoms with Crippen LogP contribution in [0.5, 0.6) is 5.75 Å². The van der Waals surface area contributed by atoms with Crippen molar-refractivity contribution < 1.29 is 14.3 Å². The molecule has 0 aromatic heterocycles. The zero-order valence-corrected chi connectivity index (χ0v) is 13.4. The minimum atomic E-state index is -0.215. The fourth-order valence-corrected chi connectivity index (χ4v) is 2.66. The molecule has 112 valence electrons. The van der Waals surface area contributed by atoms with Crippen molar-refractivity contribution in [2.75, 3.05) is 23.9 Å². The first kappa shape index (κ1) is 14.6. The van der Waals surface area contributed by atoms with E-state index in [1.54, 1.807) is 37.4 Å². The van der Waals surface area contributed by atoms with Gasteiger partial charge in [0.2, 0.25) is 0 Å². The number of nitrogens with zero attached hydrogens (tertiary/aromatic N) is 1. The van der Waals surface area contributed by atoms with Crippen LogP contribution in [0, 0.1) is 0 Å². The van der Waals surface area contributed by atoms with Crippen LogP contribution in [-0.2, 0) is 4.79 Å². The van der Waals surface area contributed by atoms with Gasteiger partial charge in [0, 0.05) is 23.3 Å². The Morgan fingerprint density at radius 1 is 1.27 bits per heavy atom. The third kappa shape index (κ3) is 2.69. The van der Waals surface area contributed by atoms with Crippen molar-refractivity contribution in [3.8, 4) is 5.75 Å². The maximum atomic E-state index is 12.3. The normalized spacial score (nSPS) is 13.4. The van der Waals surface area contributed by atoms with Gasteiger partial charge in [-0.05, 0) is 40.2 Å². The van der Waals surface area contributed by atoms with Crippen molar-refractivity contribution in [1.29, 1.82) is 0 Å². The third-order valence-electron chi connectivity index (χ3n) is 3.42. The first-order valence-electron chi connectivity index (χ1n) is 6.65. The fourth-order valence-electron chi connectivity index (χ4n) is 2.20. The second-order valence-corrected chi connectivity index (χ2v) is 5.71. The number of halogens is 1. The van der Waals surface area contributed by atoms with Gasteiger partial charge in [-0.1, -0.05) is 12.1 Å². The van der Waals surface area contributed by atoms with E-state index < -0.39 is 0 Å². The Hall–Kier alpha value is -2.34. The number of hydrogen-bond donors (Lipinski definition) is 1. The molecular formula is C16H13BrN2O3. The van der Waals surface area contributed by atoms with Crippen molar-refractivity contribution in [1.82, 2.24) is 0 Å². The molecule has 0 radical (unpaired) electrons. The largest absolute Gasteiger partial charge is 0.481 e. The number of rotatable bonds is 2. The van der Waals surface area contributed by atoms with Gasteiger partial charge in [-0.2, -0.15) is 0 Å². The second-order valence-electron chi connectivity index (χ2n) is 4.86. The molecule has 0 atom stereocenters. The Morgan fingerprint density at radius 2 is 2.05 bits per heavy atom. The molecule has 6 heteroatoms. The van der Waals surface area contributed by atoms with Crippen LogP contribution in [0.4, 0.5) is 11.4 Å². The van der Waals surface area contributed by atoms with E-state index in [9.17, 15) is 9.59 Å². The Balaban J connectivity index is 1.84. The van der Waals surface area contributed by atoms with Gasteiger partial charge in [-0.25, -0.2) is 0 Å². The summed E-state index contributed by atoms with van der Waals surface area (Å²) in [5.74, 6) is 0.261. The number of nitrogens with one attached hydrogen (secondary N) is 1. The molecule has 1 N–H and O–H groups in total. The van der Waals surface area contributed by atoms with Gasteiger partial charge in [0.25, 0.3) is 11.8 Å². The van der Waals surface area contributed by atoms with Gasteiger partial charge in [0.1, 0.15) is 5.75 Å². The molecule has 2 aromatic carbocycles. The first-order valence-corrected chi connectivity index (χ1v) is 7.45. The Morgan fingerprint density at radius 3 is 2.82 bits per heavy atom. The minimum Gasteiger partial charge on any atom is -0.481 e. The summed E-state index contributed by atoms with van der Waals surface area (Å²) in [6.45, 7) is 0.00509. The maximum absolute atomic E-state index is 12.3. The molecule has 1 aliphatic rings. The van der Waals surface area contributed by atoms with Gasteiger partial charge in [0.15, 0.2) is 6.61 Å². The molecule has 1 heterocycles. The molecule has 2 amide bonds. The highest BCUT2D eigenvalue weighted by atomic mass is 79.9. The number of benzene rings is 2. The molecule has 0 fully saturated rings. The van der Waals surface area contributed by atoms with Crippen LogP contribution >= 0.6 is 15.9 Å². The lowest BCUT2D eigenvalue weighted by Gasteiger charge is -2.26. The monoisotopic (exact) mass is 360 g/mol. The molecule has 0 unspecified atom stereocenters. The standard InChI is InChI=1S/C16H13BrN2O3/c1-19-13-7-6-10(8-14(13)22-9-15(19)20)18-16(21)11-4-2-3-5-12(11)17/h2-8H,9H2,1H3,(H,18,21). The Kier molecular flexibility index (Phi) is 3.85. The van der Waals surface area contributed by atoms with Crippen molar-refractivity contribution in [2.24, 2.45) is 0 Å². The number of hydrogen-bond acceptors (Lipinski definition) is 3. The first-order chi connectivity index (χ1) is 10.6. The minimum absolute atomic E-state index is 0.00509. The lowest BCUT2D eigenvalue weighted by molar-refractivity contribution is -0.120. The zero-order valence-electron chi connectivity index (χ0n) is 11.8. The van der Waals surface area contributed by atoms with Crippen LogP contribution in [-0.4, -0.2) is 25.5 Å². The summed E-state index contributed by atoms with van der Waals surface area (Å²) >= 11 is 3.36. The van der Waals surface area contributed by atoms with Crippen molar-refractivity contribution in [3.05, 3.63) is 52.5 Å². The topological polar surface area (TPSA) is 58.6 Å². The lowest BCUT2D eigenvalue weighted by Crippen LogP contribution is -2.35. The van der Waals surface area contributed by atoms with E-state index in [1.165, 1.54) is 4.90 Å². The summed E-state index contributed by atoms with van der Waals surface area (Å²) in [4.78, 5) is 25.4. The van der Waals surface area contributed by atoms with Gasteiger partial charge < -0.3 is 15.0 Å². The number of ether oxygens (including phenoxy) is 1. The predicted octanol–water partition coefficient (Wildman–Crippen LogP) is 3.06. The molecule has 0 saturated heterocycles. The Labute approximate surface area is 136 Å². The van der Waals surface area contributed by atoms with E-state index >= 15 is 0 Å². The smallest absolute Gasteiger partial charge is 0.264 e. The number of amides is 2. The van der Waals surface area contributed by atoms with E-state index in [2.05, 4.69) is 21.2 Å². The van der Waals surface area contributed by atoms with Gasteiger partial charge in [0.05, 0.1) is 11.3 Å². The van der Waals surface area contributed by atoms with Crippen molar-refractivity contribution in [3.63, 3.8) is 0 Å². The average Bonchev–Trinajstić information content (AvgIpc) is 2.51. The summed E-state index contributed by atoms with van der Waals surface area (Å²) in [6.07, 6.45) is 0. The molecule has 22 heavy (non-hydrogen) atoms. The van der Waals surface area contributed by atoms with Gasteiger partial charge in [-0.15, -0.1) is 0 Å². The van der Waals surface area contributed by atoms with Crippen molar-refractivity contribution >= 4 is 39.1 Å². The van der Waals surface area contributed by atoms with Crippen LogP contribution < -0.4 is 15.0 Å². The lowest BCUT2D eigenvalue weighted by atomic mass is 10.2. The molecule has 0 aliphatic carbocycles. The highest BCUT2D eigenvalue weighted by Crippen LogP contribution is 2.33. The van der Waals surface area contributed by atoms with E-state index in [-0.39, 0.29) is 18.4 Å². The highest BCUT2D eigenvalue weighted by molar-refractivity contribution is 9.10. The Bertz CT molecular complexity index is 761. The average molecular weight is 361 g/mol.